The third-order valence-electron chi connectivity index (χ3n) is 5.31. The molecule has 0 spiro atoms. The fraction of sp³-hybridized carbons (Fsp3) is 0.667. The fourth-order valence-corrected chi connectivity index (χ4v) is 4.31. The highest BCUT2D eigenvalue weighted by atomic mass is 16.3. The van der Waals surface area contributed by atoms with Gasteiger partial charge in [-0.2, -0.15) is 0 Å². The SMILES string of the molecule is CC1CC(C)N(C2CC(c3ccccc3)CCC2O)C1. The third kappa shape index (κ3) is 2.77. The summed E-state index contributed by atoms with van der Waals surface area (Å²) in [4.78, 5) is 2.57. The molecule has 110 valence electrons. The van der Waals surface area contributed by atoms with Gasteiger partial charge in [-0.3, -0.25) is 4.90 Å². The summed E-state index contributed by atoms with van der Waals surface area (Å²) in [5.41, 5.74) is 1.45. The maximum atomic E-state index is 10.5. The van der Waals surface area contributed by atoms with Gasteiger partial charge >= 0.3 is 0 Å². The van der Waals surface area contributed by atoms with E-state index in [1.165, 1.54) is 12.0 Å². The van der Waals surface area contributed by atoms with Crippen molar-refractivity contribution in [1.29, 1.82) is 0 Å². The van der Waals surface area contributed by atoms with Gasteiger partial charge in [-0.15, -0.1) is 0 Å². The normalized spacial score (nSPS) is 39.0. The number of benzene rings is 1. The molecular formula is C18H27NO. The minimum Gasteiger partial charge on any atom is -0.391 e. The van der Waals surface area contributed by atoms with Crippen molar-refractivity contribution in [3.05, 3.63) is 35.9 Å². The van der Waals surface area contributed by atoms with Crippen LogP contribution in [-0.2, 0) is 0 Å². The highest BCUT2D eigenvalue weighted by Crippen LogP contribution is 2.38. The lowest BCUT2D eigenvalue weighted by molar-refractivity contribution is 0.00935. The van der Waals surface area contributed by atoms with Gasteiger partial charge in [0.1, 0.15) is 0 Å². The zero-order valence-corrected chi connectivity index (χ0v) is 12.7. The zero-order valence-electron chi connectivity index (χ0n) is 12.7. The third-order valence-corrected chi connectivity index (χ3v) is 5.31. The van der Waals surface area contributed by atoms with E-state index >= 15 is 0 Å². The average molecular weight is 273 g/mol. The highest BCUT2D eigenvalue weighted by molar-refractivity contribution is 5.21. The smallest absolute Gasteiger partial charge is 0.0695 e. The molecule has 2 nitrogen and oxygen atoms in total. The molecule has 0 bridgehead atoms. The number of nitrogens with zero attached hydrogens (tertiary/aromatic N) is 1. The Balaban J connectivity index is 1.74. The molecule has 20 heavy (non-hydrogen) atoms. The fourth-order valence-electron chi connectivity index (χ4n) is 4.31. The van der Waals surface area contributed by atoms with Crippen LogP contribution in [0.1, 0.15) is 51.0 Å². The first-order valence-electron chi connectivity index (χ1n) is 8.14. The summed E-state index contributed by atoms with van der Waals surface area (Å²) in [6.45, 7) is 5.81. The first-order chi connectivity index (χ1) is 9.65. The highest BCUT2D eigenvalue weighted by Gasteiger charge is 2.39. The van der Waals surface area contributed by atoms with Crippen molar-refractivity contribution < 1.29 is 5.11 Å². The van der Waals surface area contributed by atoms with E-state index in [9.17, 15) is 5.11 Å². The van der Waals surface area contributed by atoms with Crippen LogP contribution < -0.4 is 0 Å². The van der Waals surface area contributed by atoms with Gasteiger partial charge in [0.15, 0.2) is 0 Å². The molecule has 2 fully saturated rings. The molecule has 1 saturated carbocycles. The van der Waals surface area contributed by atoms with E-state index in [-0.39, 0.29) is 6.10 Å². The largest absolute Gasteiger partial charge is 0.391 e. The molecule has 3 rings (SSSR count). The van der Waals surface area contributed by atoms with Gasteiger partial charge in [-0.05, 0) is 50.0 Å². The first kappa shape index (κ1) is 14.1. The number of hydrogen-bond donors (Lipinski definition) is 1. The molecule has 2 aliphatic rings. The summed E-state index contributed by atoms with van der Waals surface area (Å²) >= 11 is 0. The van der Waals surface area contributed by atoms with Crippen molar-refractivity contribution in [3.63, 3.8) is 0 Å². The molecule has 1 aliphatic heterocycles. The second kappa shape index (κ2) is 5.87. The van der Waals surface area contributed by atoms with Gasteiger partial charge in [0.05, 0.1) is 6.10 Å². The second-order valence-corrected chi connectivity index (χ2v) is 6.94. The van der Waals surface area contributed by atoms with E-state index in [2.05, 4.69) is 49.1 Å². The summed E-state index contributed by atoms with van der Waals surface area (Å²) in [5.74, 6) is 1.39. The Kier molecular flexibility index (Phi) is 4.13. The van der Waals surface area contributed by atoms with E-state index in [1.807, 2.05) is 0 Å². The molecule has 1 N–H and O–H groups in total. The van der Waals surface area contributed by atoms with Gasteiger partial charge in [0.25, 0.3) is 0 Å². The predicted octanol–water partition coefficient (Wildman–Crippen LogP) is 3.41. The Morgan fingerprint density at radius 3 is 2.45 bits per heavy atom. The number of aliphatic hydroxyl groups is 1. The van der Waals surface area contributed by atoms with Crippen LogP contribution in [0.25, 0.3) is 0 Å². The Morgan fingerprint density at radius 1 is 1.05 bits per heavy atom. The lowest BCUT2D eigenvalue weighted by Crippen LogP contribution is -2.48. The molecule has 1 aromatic rings. The van der Waals surface area contributed by atoms with E-state index in [1.54, 1.807) is 0 Å². The summed E-state index contributed by atoms with van der Waals surface area (Å²) in [6, 6.07) is 11.8. The van der Waals surface area contributed by atoms with Crippen molar-refractivity contribution in [2.45, 2.75) is 63.6 Å². The molecule has 0 radical (unpaired) electrons. The molecule has 2 heteroatoms. The van der Waals surface area contributed by atoms with Gasteiger partial charge in [0.2, 0.25) is 0 Å². The monoisotopic (exact) mass is 273 g/mol. The van der Waals surface area contributed by atoms with Crippen molar-refractivity contribution in [2.24, 2.45) is 5.92 Å². The van der Waals surface area contributed by atoms with Gasteiger partial charge in [0, 0.05) is 18.6 Å². The van der Waals surface area contributed by atoms with Gasteiger partial charge in [-0.25, -0.2) is 0 Å². The zero-order chi connectivity index (χ0) is 14.1. The van der Waals surface area contributed by atoms with Crippen LogP contribution in [0.4, 0.5) is 0 Å². The maximum absolute atomic E-state index is 10.5. The Hall–Kier alpha value is -0.860. The lowest BCUT2D eigenvalue weighted by Gasteiger charge is -2.41. The number of aliphatic hydroxyl groups excluding tert-OH is 1. The molecule has 0 aromatic heterocycles. The number of hydrogen-bond acceptors (Lipinski definition) is 2. The summed E-state index contributed by atoms with van der Waals surface area (Å²) in [5, 5.41) is 10.5. The van der Waals surface area contributed by atoms with Crippen molar-refractivity contribution in [3.8, 4) is 0 Å². The lowest BCUT2D eigenvalue weighted by atomic mass is 9.79. The van der Waals surface area contributed by atoms with Gasteiger partial charge < -0.3 is 5.11 Å². The molecule has 1 saturated heterocycles. The second-order valence-electron chi connectivity index (χ2n) is 6.94. The quantitative estimate of drug-likeness (QED) is 0.892. The molecular weight excluding hydrogens is 246 g/mol. The molecule has 1 heterocycles. The number of likely N-dealkylation sites (tertiary alicyclic amines) is 1. The standard InChI is InChI=1S/C18H27NO/c1-13-10-14(2)19(12-13)17-11-16(8-9-18(17)20)15-6-4-3-5-7-15/h3-7,13-14,16-18,20H,8-12H2,1-2H3. The van der Waals surface area contributed by atoms with E-state index in [0.29, 0.717) is 18.0 Å². The minimum absolute atomic E-state index is 0.136. The Morgan fingerprint density at radius 2 is 1.80 bits per heavy atom. The molecule has 5 unspecified atom stereocenters. The Labute approximate surface area is 122 Å². The summed E-state index contributed by atoms with van der Waals surface area (Å²) < 4.78 is 0. The van der Waals surface area contributed by atoms with Crippen molar-refractivity contribution in [2.75, 3.05) is 6.54 Å². The van der Waals surface area contributed by atoms with Crippen LogP contribution in [0.2, 0.25) is 0 Å². The maximum Gasteiger partial charge on any atom is 0.0695 e. The van der Waals surface area contributed by atoms with Crippen LogP contribution in [-0.4, -0.2) is 34.7 Å². The topological polar surface area (TPSA) is 23.5 Å². The van der Waals surface area contributed by atoms with Crippen LogP contribution in [0.15, 0.2) is 30.3 Å². The van der Waals surface area contributed by atoms with E-state index < -0.39 is 0 Å². The van der Waals surface area contributed by atoms with Crippen molar-refractivity contribution in [1.82, 2.24) is 4.90 Å². The van der Waals surface area contributed by atoms with Crippen LogP contribution in [0, 0.1) is 5.92 Å². The summed E-state index contributed by atoms with van der Waals surface area (Å²) in [6.07, 6.45) is 4.32. The van der Waals surface area contributed by atoms with Crippen molar-refractivity contribution >= 4 is 0 Å². The average Bonchev–Trinajstić information content (AvgIpc) is 2.79. The predicted molar refractivity (Wildman–Crippen MR) is 82.8 cm³/mol. The first-order valence-corrected chi connectivity index (χ1v) is 8.14. The molecule has 5 atom stereocenters. The molecule has 0 amide bonds. The molecule has 1 aliphatic carbocycles. The minimum atomic E-state index is -0.136. The Bertz CT molecular complexity index is 432. The van der Waals surface area contributed by atoms with Crippen LogP contribution in [0.3, 0.4) is 0 Å². The van der Waals surface area contributed by atoms with Crippen LogP contribution in [0.5, 0.6) is 0 Å². The van der Waals surface area contributed by atoms with Gasteiger partial charge in [-0.1, -0.05) is 37.3 Å². The van der Waals surface area contributed by atoms with Crippen LogP contribution >= 0.6 is 0 Å². The molecule has 1 aromatic carbocycles. The number of rotatable bonds is 2. The van der Waals surface area contributed by atoms with E-state index in [0.717, 1.165) is 31.7 Å². The summed E-state index contributed by atoms with van der Waals surface area (Å²) in [7, 11) is 0. The van der Waals surface area contributed by atoms with E-state index in [4.69, 9.17) is 0 Å².